The maximum atomic E-state index is 13.5. The highest BCUT2D eigenvalue weighted by atomic mass is 35.5. The van der Waals surface area contributed by atoms with E-state index in [0.717, 1.165) is 18.4 Å². The Labute approximate surface area is 181 Å². The number of benzene rings is 2. The molecule has 0 radical (unpaired) electrons. The van der Waals surface area contributed by atoms with Crippen molar-refractivity contribution in [3.63, 3.8) is 0 Å². The molecule has 2 aromatic carbocycles. The Hall–Kier alpha value is -1.96. The SMILES string of the molecule is O=C(NCCC1CCC(c2ccc(F)cc2)N1S(=O)(=O)c1ccc(Cl)cc1)C1CC1. The third-order valence-corrected chi connectivity index (χ3v) is 8.04. The van der Waals surface area contributed by atoms with Crippen molar-refractivity contribution in [1.82, 2.24) is 9.62 Å². The van der Waals surface area contributed by atoms with Gasteiger partial charge in [0, 0.05) is 23.5 Å². The average Bonchev–Trinajstić information content (AvgIpc) is 3.49. The molecule has 160 valence electrons. The molecular weight excluding hydrogens is 427 g/mol. The summed E-state index contributed by atoms with van der Waals surface area (Å²) in [4.78, 5) is 12.1. The van der Waals surface area contributed by atoms with Crippen LogP contribution in [0, 0.1) is 11.7 Å². The molecule has 2 fully saturated rings. The predicted octanol–water partition coefficient (Wildman–Crippen LogP) is 4.29. The van der Waals surface area contributed by atoms with Gasteiger partial charge in [0.1, 0.15) is 5.82 Å². The quantitative estimate of drug-likeness (QED) is 0.684. The number of sulfonamides is 1. The number of nitrogens with zero attached hydrogens (tertiary/aromatic N) is 1. The molecule has 1 saturated carbocycles. The van der Waals surface area contributed by atoms with Crippen molar-refractivity contribution < 1.29 is 17.6 Å². The van der Waals surface area contributed by atoms with Crippen molar-refractivity contribution in [2.24, 2.45) is 5.92 Å². The van der Waals surface area contributed by atoms with Gasteiger partial charge in [-0.25, -0.2) is 12.8 Å². The second-order valence-corrected chi connectivity index (χ2v) is 10.2. The summed E-state index contributed by atoms with van der Waals surface area (Å²) in [6.45, 7) is 0.433. The fraction of sp³-hybridized carbons (Fsp3) is 0.409. The molecule has 2 unspecified atom stereocenters. The molecule has 1 N–H and O–H groups in total. The molecule has 8 heteroatoms. The van der Waals surface area contributed by atoms with E-state index >= 15 is 0 Å². The number of rotatable bonds is 7. The predicted molar refractivity (Wildman–Crippen MR) is 113 cm³/mol. The largest absolute Gasteiger partial charge is 0.356 e. The second kappa shape index (κ2) is 8.65. The molecular formula is C22H24ClFN2O3S. The van der Waals surface area contributed by atoms with Gasteiger partial charge < -0.3 is 5.32 Å². The molecule has 4 rings (SSSR count). The minimum absolute atomic E-state index is 0.0511. The molecule has 0 spiro atoms. The maximum Gasteiger partial charge on any atom is 0.243 e. The zero-order chi connectivity index (χ0) is 21.3. The van der Waals surface area contributed by atoms with Crippen molar-refractivity contribution in [3.8, 4) is 0 Å². The van der Waals surface area contributed by atoms with Crippen LogP contribution in [0.4, 0.5) is 4.39 Å². The third-order valence-electron chi connectivity index (χ3n) is 5.81. The van der Waals surface area contributed by atoms with Gasteiger partial charge in [-0.15, -0.1) is 0 Å². The molecule has 1 aliphatic heterocycles. The first-order valence-electron chi connectivity index (χ1n) is 10.2. The van der Waals surface area contributed by atoms with Crippen LogP contribution in [-0.4, -0.2) is 31.2 Å². The summed E-state index contributed by atoms with van der Waals surface area (Å²) in [7, 11) is -3.80. The Morgan fingerprint density at radius 2 is 1.70 bits per heavy atom. The lowest BCUT2D eigenvalue weighted by molar-refractivity contribution is -0.122. The van der Waals surface area contributed by atoms with Gasteiger partial charge in [-0.1, -0.05) is 23.7 Å². The van der Waals surface area contributed by atoms with E-state index in [1.807, 2.05) is 0 Å². The van der Waals surface area contributed by atoms with Crippen molar-refractivity contribution in [2.45, 2.75) is 49.1 Å². The number of carbonyl (C=O) groups is 1. The van der Waals surface area contributed by atoms with Crippen LogP contribution in [0.1, 0.15) is 43.7 Å². The molecule has 0 bridgehead atoms. The molecule has 2 aromatic rings. The van der Waals surface area contributed by atoms with E-state index in [2.05, 4.69) is 5.32 Å². The van der Waals surface area contributed by atoms with Crippen LogP contribution in [0.15, 0.2) is 53.4 Å². The molecule has 1 aliphatic carbocycles. The molecule has 2 atom stereocenters. The van der Waals surface area contributed by atoms with Crippen molar-refractivity contribution in [2.75, 3.05) is 6.54 Å². The Morgan fingerprint density at radius 1 is 1.03 bits per heavy atom. The normalized spacial score (nSPS) is 22.2. The highest BCUT2D eigenvalue weighted by molar-refractivity contribution is 7.89. The van der Waals surface area contributed by atoms with E-state index in [1.165, 1.54) is 28.6 Å². The topological polar surface area (TPSA) is 66.5 Å². The standard InChI is InChI=1S/C22H24ClFN2O3S/c23-17-5-10-20(11-6-17)30(28,29)26-19(13-14-25-22(27)16-1-2-16)9-12-21(26)15-3-7-18(24)8-4-15/h3-8,10-11,16,19,21H,1-2,9,12-14H2,(H,25,27). The van der Waals surface area contributed by atoms with E-state index in [1.54, 1.807) is 24.3 Å². The van der Waals surface area contributed by atoms with Crippen LogP contribution >= 0.6 is 11.6 Å². The fourth-order valence-electron chi connectivity index (χ4n) is 4.07. The van der Waals surface area contributed by atoms with Gasteiger partial charge in [-0.2, -0.15) is 4.31 Å². The molecule has 2 aliphatic rings. The van der Waals surface area contributed by atoms with Gasteiger partial charge in [0.25, 0.3) is 0 Å². The third kappa shape index (κ3) is 4.53. The van der Waals surface area contributed by atoms with Gasteiger partial charge in [0.15, 0.2) is 0 Å². The number of amides is 1. The van der Waals surface area contributed by atoms with E-state index in [4.69, 9.17) is 11.6 Å². The summed E-state index contributed by atoms with van der Waals surface area (Å²) >= 11 is 5.93. The lowest BCUT2D eigenvalue weighted by atomic mass is 10.1. The summed E-state index contributed by atoms with van der Waals surface area (Å²) < 4.78 is 42.0. The average molecular weight is 451 g/mol. The van der Waals surface area contributed by atoms with Gasteiger partial charge in [0.05, 0.1) is 10.9 Å². The Bertz CT molecular complexity index is 1010. The molecule has 1 saturated heterocycles. The van der Waals surface area contributed by atoms with E-state index in [9.17, 15) is 17.6 Å². The van der Waals surface area contributed by atoms with Crippen molar-refractivity contribution >= 4 is 27.5 Å². The summed E-state index contributed by atoms with van der Waals surface area (Å²) in [5.41, 5.74) is 0.762. The fourth-order valence-corrected chi connectivity index (χ4v) is 6.09. The van der Waals surface area contributed by atoms with Crippen LogP contribution < -0.4 is 5.32 Å². The molecule has 1 heterocycles. The monoisotopic (exact) mass is 450 g/mol. The highest BCUT2D eigenvalue weighted by Gasteiger charge is 2.42. The van der Waals surface area contributed by atoms with Crippen LogP contribution in [0.5, 0.6) is 0 Å². The molecule has 5 nitrogen and oxygen atoms in total. The smallest absolute Gasteiger partial charge is 0.243 e. The zero-order valence-electron chi connectivity index (χ0n) is 16.4. The van der Waals surface area contributed by atoms with Crippen molar-refractivity contribution in [3.05, 3.63) is 64.9 Å². The number of hydrogen-bond donors (Lipinski definition) is 1. The molecule has 0 aromatic heterocycles. The summed E-state index contributed by atoms with van der Waals surface area (Å²) in [6.07, 6.45) is 3.70. The van der Waals surface area contributed by atoms with Crippen LogP contribution in [0.2, 0.25) is 5.02 Å². The Balaban J connectivity index is 1.59. The van der Waals surface area contributed by atoms with Crippen molar-refractivity contribution in [1.29, 1.82) is 0 Å². The Kier molecular flexibility index (Phi) is 6.14. The van der Waals surface area contributed by atoms with Gasteiger partial charge in [-0.3, -0.25) is 4.79 Å². The zero-order valence-corrected chi connectivity index (χ0v) is 18.0. The second-order valence-electron chi connectivity index (χ2n) is 7.94. The molecule has 1 amide bonds. The van der Waals surface area contributed by atoms with Gasteiger partial charge in [0.2, 0.25) is 15.9 Å². The number of halogens is 2. The van der Waals surface area contributed by atoms with Gasteiger partial charge in [-0.05, 0) is 74.1 Å². The summed E-state index contributed by atoms with van der Waals surface area (Å²) in [6, 6.07) is 11.5. The number of hydrogen-bond acceptors (Lipinski definition) is 3. The van der Waals surface area contributed by atoms with E-state index in [-0.39, 0.29) is 34.6 Å². The lowest BCUT2D eigenvalue weighted by Gasteiger charge is -2.30. The maximum absolute atomic E-state index is 13.5. The minimum Gasteiger partial charge on any atom is -0.356 e. The van der Waals surface area contributed by atoms with Crippen LogP contribution in [0.3, 0.4) is 0 Å². The Morgan fingerprint density at radius 3 is 2.33 bits per heavy atom. The molecule has 30 heavy (non-hydrogen) atoms. The minimum atomic E-state index is -3.80. The first-order valence-corrected chi connectivity index (χ1v) is 12.0. The van der Waals surface area contributed by atoms with Crippen LogP contribution in [-0.2, 0) is 14.8 Å². The van der Waals surface area contributed by atoms with E-state index < -0.39 is 10.0 Å². The van der Waals surface area contributed by atoms with Crippen LogP contribution in [0.25, 0.3) is 0 Å². The highest BCUT2D eigenvalue weighted by Crippen LogP contribution is 2.41. The first kappa shape index (κ1) is 21.3. The summed E-state index contributed by atoms with van der Waals surface area (Å²) in [5.74, 6) is -0.187. The number of carbonyl (C=O) groups excluding carboxylic acids is 1. The summed E-state index contributed by atoms with van der Waals surface area (Å²) in [5, 5.41) is 3.39. The van der Waals surface area contributed by atoms with E-state index in [0.29, 0.717) is 30.8 Å². The first-order chi connectivity index (χ1) is 14.4. The lowest BCUT2D eigenvalue weighted by Crippen LogP contribution is -2.39. The van der Waals surface area contributed by atoms with Gasteiger partial charge >= 0.3 is 0 Å². The number of nitrogens with one attached hydrogen (secondary N) is 1.